The summed E-state index contributed by atoms with van der Waals surface area (Å²) in [6.45, 7) is 10.6. The zero-order valence-electron chi connectivity index (χ0n) is 42.0. The SMILES string of the molecule is CC(C)C[C@H](NC(=O)[C@H](CC(C)C)NC(=O)[C@H](CCC(N)=O)NC(=O)[C@H](Cc1cnc[nH]1)NC(=O)[C@H](CCC(=O)O)NC(=O)[C@H](CO)NC(=O)[C@@H](NC(=O)[C@H](C)N)C(C)C)C(=O)N[C@@H](Cc1cnc[nH]1)C(=O)O. The van der Waals surface area contributed by atoms with Crippen molar-refractivity contribution < 1.29 is 68.1 Å². The number of aromatic nitrogens is 4. The van der Waals surface area contributed by atoms with Gasteiger partial charge < -0.3 is 79.3 Å². The van der Waals surface area contributed by atoms with Gasteiger partial charge in [0.15, 0.2) is 0 Å². The van der Waals surface area contributed by atoms with Crippen molar-refractivity contribution in [2.45, 2.75) is 154 Å². The summed E-state index contributed by atoms with van der Waals surface area (Å²) in [6.07, 6.45) is 2.74. The summed E-state index contributed by atoms with van der Waals surface area (Å²) in [6, 6.07) is -12.9. The normalized spacial score (nSPS) is 15.0. The van der Waals surface area contributed by atoms with Crippen molar-refractivity contribution in [3.63, 3.8) is 0 Å². The largest absolute Gasteiger partial charge is 0.481 e. The van der Waals surface area contributed by atoms with Gasteiger partial charge >= 0.3 is 11.9 Å². The first kappa shape index (κ1) is 61.6. The highest BCUT2D eigenvalue weighted by Gasteiger charge is 2.36. The summed E-state index contributed by atoms with van der Waals surface area (Å²) in [5, 5.41) is 49.1. The highest BCUT2D eigenvalue weighted by molar-refractivity contribution is 5.98. The van der Waals surface area contributed by atoms with Gasteiger partial charge in [0.2, 0.25) is 53.2 Å². The van der Waals surface area contributed by atoms with Gasteiger partial charge in [-0.05, 0) is 50.4 Å². The smallest absolute Gasteiger partial charge is 0.326 e. The van der Waals surface area contributed by atoms with Gasteiger partial charge in [-0.15, -0.1) is 0 Å². The Morgan fingerprint density at radius 2 is 0.904 bits per heavy atom. The highest BCUT2D eigenvalue weighted by atomic mass is 16.4. The Kier molecular flexibility index (Phi) is 25.7. The molecule has 0 unspecified atom stereocenters. The van der Waals surface area contributed by atoms with E-state index in [2.05, 4.69) is 62.5 Å². The van der Waals surface area contributed by atoms with Crippen molar-refractivity contribution in [1.29, 1.82) is 0 Å². The number of aliphatic hydroxyl groups excluding tert-OH is 1. The number of hydrogen-bond acceptors (Lipinski definition) is 15. The fraction of sp³-hybridized carbons (Fsp3) is 0.622. The van der Waals surface area contributed by atoms with Gasteiger partial charge in [-0.25, -0.2) is 14.8 Å². The van der Waals surface area contributed by atoms with Gasteiger partial charge in [0.05, 0.1) is 25.3 Å². The number of nitrogens with zero attached hydrogens (tertiary/aromatic N) is 2. The monoisotopic (exact) mass is 1030 g/mol. The number of hydrogen-bond donors (Lipinski definition) is 15. The number of imidazole rings is 2. The van der Waals surface area contributed by atoms with E-state index in [0.717, 1.165) is 0 Å². The summed E-state index contributed by atoms with van der Waals surface area (Å²) in [5.41, 5.74) is 11.7. The average molecular weight is 1030 g/mol. The molecule has 0 aromatic carbocycles. The molecule has 0 radical (unpaired) electrons. The molecule has 73 heavy (non-hydrogen) atoms. The van der Waals surface area contributed by atoms with Crippen LogP contribution in [0.3, 0.4) is 0 Å². The number of aliphatic hydroxyl groups is 1. The third-order valence-electron chi connectivity index (χ3n) is 11.0. The molecule has 17 N–H and O–H groups in total. The molecule has 9 atom stereocenters. The molecule has 0 bridgehead atoms. The molecule has 2 aromatic rings. The lowest BCUT2D eigenvalue weighted by Crippen LogP contribution is -2.61. The quantitative estimate of drug-likeness (QED) is 0.0325. The van der Waals surface area contributed by atoms with Gasteiger partial charge in [-0.1, -0.05) is 41.5 Å². The molecule has 0 aliphatic carbocycles. The van der Waals surface area contributed by atoms with Gasteiger partial charge in [-0.2, -0.15) is 0 Å². The molecule has 28 nitrogen and oxygen atoms in total. The molecule has 0 aliphatic heterocycles. The van der Waals surface area contributed by atoms with Crippen molar-refractivity contribution >= 4 is 65.1 Å². The van der Waals surface area contributed by atoms with Crippen LogP contribution < -0.4 is 54.0 Å². The second-order valence-electron chi connectivity index (χ2n) is 18.7. The number of amides is 9. The van der Waals surface area contributed by atoms with E-state index in [4.69, 9.17) is 11.5 Å². The molecule has 2 heterocycles. The molecule has 2 rings (SSSR count). The molecule has 0 spiro atoms. The Hall–Kier alpha value is -7.49. The van der Waals surface area contributed by atoms with Gasteiger partial charge in [0.1, 0.15) is 48.3 Å². The maximum Gasteiger partial charge on any atom is 0.326 e. The van der Waals surface area contributed by atoms with Crippen LogP contribution in [-0.2, 0) is 65.6 Å². The van der Waals surface area contributed by atoms with E-state index in [1.165, 1.54) is 32.0 Å². The summed E-state index contributed by atoms with van der Waals surface area (Å²) in [7, 11) is 0. The number of carbonyl (C=O) groups excluding carboxylic acids is 9. The van der Waals surface area contributed by atoms with Crippen LogP contribution >= 0.6 is 0 Å². The highest BCUT2D eigenvalue weighted by Crippen LogP contribution is 2.13. The molecule has 2 aromatic heterocycles. The minimum atomic E-state index is -1.73. The number of H-pyrrole nitrogens is 2. The maximum atomic E-state index is 14.2. The average Bonchev–Trinajstić information content (AvgIpc) is 4.03. The number of carbonyl (C=O) groups is 11. The van der Waals surface area contributed by atoms with E-state index >= 15 is 0 Å². The minimum Gasteiger partial charge on any atom is -0.481 e. The van der Waals surface area contributed by atoms with Gasteiger partial charge in [-0.3, -0.25) is 47.9 Å². The Bertz CT molecular complexity index is 2180. The standard InChI is InChI=1S/C45H72N14O14/c1-21(2)12-29(40(67)55-30(13-22(3)4)41(68)57-32(45(72)73)15-26-17-49-20-51-26)54-38(65)27(8-10-34(47)61)52-42(69)31(14-25-16-48-19-50-25)56-39(66)28(9-11-35(62)63)53-43(70)33(18-60)58-44(71)36(23(5)6)59-37(64)24(7)46/h16-17,19-24,27-33,36,60H,8-15,18,46H2,1-7H3,(H2,47,61)(H,48,50)(H,49,51)(H,52,69)(H,53,70)(H,54,65)(H,55,67)(H,56,66)(H,57,68)(H,58,71)(H,59,64)(H,62,63)(H,72,73)/t24-,27-,28-,29-,30-,31-,32-,33-,36-/m0/s1. The van der Waals surface area contributed by atoms with Crippen LogP contribution in [0.2, 0.25) is 0 Å². The molecule has 406 valence electrons. The number of carboxylic acid groups (broad SMARTS) is 2. The lowest BCUT2D eigenvalue weighted by atomic mass is 9.99. The molecular formula is C45H72N14O14. The lowest BCUT2D eigenvalue weighted by Gasteiger charge is -2.28. The molecule has 28 heteroatoms. The van der Waals surface area contributed by atoms with E-state index < -0.39 is 158 Å². The van der Waals surface area contributed by atoms with Crippen molar-refractivity contribution in [1.82, 2.24) is 62.5 Å². The summed E-state index contributed by atoms with van der Waals surface area (Å²) in [5.74, 6) is -12.1. The third-order valence-corrected chi connectivity index (χ3v) is 11.0. The summed E-state index contributed by atoms with van der Waals surface area (Å²) >= 11 is 0. The topological polar surface area (TPSA) is 454 Å². The lowest BCUT2D eigenvalue weighted by molar-refractivity contribution is -0.142. The van der Waals surface area contributed by atoms with E-state index in [-0.39, 0.29) is 43.2 Å². The first-order chi connectivity index (χ1) is 34.2. The van der Waals surface area contributed by atoms with Crippen LogP contribution in [-0.4, -0.2) is 161 Å². The number of aliphatic carboxylic acids is 2. The number of primary amides is 1. The number of carboxylic acids is 2. The molecule has 0 saturated heterocycles. The fourth-order valence-corrected chi connectivity index (χ4v) is 7.05. The molecule has 0 aliphatic rings. The van der Waals surface area contributed by atoms with E-state index in [9.17, 15) is 68.1 Å². The second kappa shape index (κ2) is 30.4. The molecule has 0 saturated carbocycles. The minimum absolute atomic E-state index is 0.00708. The Labute approximate surface area is 421 Å². The maximum absolute atomic E-state index is 14.2. The third kappa shape index (κ3) is 22.2. The first-order valence-corrected chi connectivity index (χ1v) is 23.7. The number of aromatic amines is 2. The Morgan fingerprint density at radius 1 is 0.521 bits per heavy atom. The van der Waals surface area contributed by atoms with Crippen molar-refractivity contribution in [2.75, 3.05) is 6.61 Å². The fourth-order valence-electron chi connectivity index (χ4n) is 7.05. The molecule has 0 fully saturated rings. The van der Waals surface area contributed by atoms with E-state index in [0.29, 0.717) is 5.69 Å². The number of rotatable bonds is 33. The Balaban J connectivity index is 2.43. The van der Waals surface area contributed by atoms with Crippen LogP contribution in [0.15, 0.2) is 25.0 Å². The zero-order valence-corrected chi connectivity index (χ0v) is 42.0. The summed E-state index contributed by atoms with van der Waals surface area (Å²) < 4.78 is 0. The predicted molar refractivity (Wildman–Crippen MR) is 257 cm³/mol. The van der Waals surface area contributed by atoms with Crippen LogP contribution in [0.4, 0.5) is 0 Å². The Morgan fingerprint density at radius 3 is 1.29 bits per heavy atom. The van der Waals surface area contributed by atoms with Crippen LogP contribution in [0.5, 0.6) is 0 Å². The van der Waals surface area contributed by atoms with Crippen molar-refractivity contribution in [2.24, 2.45) is 29.2 Å². The van der Waals surface area contributed by atoms with E-state index in [1.54, 1.807) is 41.5 Å². The van der Waals surface area contributed by atoms with Crippen LogP contribution in [0, 0.1) is 17.8 Å². The number of nitrogens with one attached hydrogen (secondary N) is 10. The molecule has 9 amide bonds. The summed E-state index contributed by atoms with van der Waals surface area (Å²) in [4.78, 5) is 158. The first-order valence-electron chi connectivity index (χ1n) is 23.7. The second-order valence-corrected chi connectivity index (χ2v) is 18.7. The predicted octanol–water partition coefficient (Wildman–Crippen LogP) is -3.90. The van der Waals surface area contributed by atoms with Crippen LogP contribution in [0.1, 0.15) is 98.4 Å². The van der Waals surface area contributed by atoms with Crippen molar-refractivity contribution in [3.05, 3.63) is 36.4 Å². The zero-order chi connectivity index (χ0) is 55.1. The molecular weight excluding hydrogens is 961 g/mol. The van der Waals surface area contributed by atoms with Crippen LogP contribution in [0.25, 0.3) is 0 Å². The van der Waals surface area contributed by atoms with Gasteiger partial charge in [0, 0.05) is 49.5 Å². The van der Waals surface area contributed by atoms with E-state index in [1.807, 2.05) is 0 Å². The van der Waals surface area contributed by atoms with Gasteiger partial charge in [0.25, 0.3) is 0 Å². The number of nitrogens with two attached hydrogens (primary N) is 2. The van der Waals surface area contributed by atoms with Crippen molar-refractivity contribution in [3.8, 4) is 0 Å².